The molecule has 0 fully saturated rings. The number of hydrogen-bond donors (Lipinski definition) is 1. The molecule has 1 aromatic carbocycles. The van der Waals surface area contributed by atoms with Gasteiger partial charge in [0.1, 0.15) is 5.82 Å². The lowest BCUT2D eigenvalue weighted by Gasteiger charge is -2.13. The van der Waals surface area contributed by atoms with Gasteiger partial charge >= 0.3 is 5.97 Å². The highest BCUT2D eigenvalue weighted by Crippen LogP contribution is 2.28. The van der Waals surface area contributed by atoms with E-state index < -0.39 is 5.97 Å². The van der Waals surface area contributed by atoms with Crippen molar-refractivity contribution in [2.24, 2.45) is 0 Å². The van der Waals surface area contributed by atoms with Crippen LogP contribution in [0.15, 0.2) is 42.7 Å². The summed E-state index contributed by atoms with van der Waals surface area (Å²) in [6, 6.07) is 9.75. The largest absolute Gasteiger partial charge is 0.481 e. The number of rotatable bonds is 4. The highest BCUT2D eigenvalue weighted by molar-refractivity contribution is 5.82. The maximum absolute atomic E-state index is 10.9. The fraction of sp³-hybridized carbons (Fsp3) is 0.235. The molecule has 0 aliphatic heterocycles. The number of carboxylic acids is 1. The molecule has 0 saturated carbocycles. The minimum Gasteiger partial charge on any atom is -0.481 e. The first-order chi connectivity index (χ1) is 10.6. The van der Waals surface area contributed by atoms with E-state index in [1.54, 1.807) is 12.4 Å². The summed E-state index contributed by atoms with van der Waals surface area (Å²) in [4.78, 5) is 19.7. The molecule has 3 aromatic rings. The second-order valence-corrected chi connectivity index (χ2v) is 5.53. The molecule has 5 nitrogen and oxygen atoms in total. The first kappa shape index (κ1) is 14.3. The van der Waals surface area contributed by atoms with E-state index in [4.69, 9.17) is 10.1 Å². The van der Waals surface area contributed by atoms with Crippen molar-refractivity contribution in [3.05, 3.63) is 48.3 Å². The van der Waals surface area contributed by atoms with E-state index in [-0.39, 0.29) is 12.5 Å². The average Bonchev–Trinajstić information content (AvgIpc) is 2.86. The Morgan fingerprint density at radius 3 is 2.77 bits per heavy atom. The molecule has 0 unspecified atom stereocenters. The molecule has 2 aromatic heterocycles. The van der Waals surface area contributed by atoms with Gasteiger partial charge in [0.2, 0.25) is 0 Å². The summed E-state index contributed by atoms with van der Waals surface area (Å²) in [5.41, 5.74) is 3.52. The minimum absolute atomic E-state index is 0.00665. The molecule has 0 saturated heterocycles. The Kier molecular flexibility index (Phi) is 3.63. The van der Waals surface area contributed by atoms with Crippen LogP contribution in [0.4, 0.5) is 0 Å². The molecule has 0 amide bonds. The zero-order chi connectivity index (χ0) is 15.7. The lowest BCUT2D eigenvalue weighted by atomic mass is 10.1. The molecule has 1 N–H and O–H groups in total. The number of carbonyl (C=O) groups is 1. The number of aromatic nitrogens is 3. The van der Waals surface area contributed by atoms with Crippen molar-refractivity contribution in [1.29, 1.82) is 0 Å². The molecule has 112 valence electrons. The van der Waals surface area contributed by atoms with Crippen LogP contribution in [0.3, 0.4) is 0 Å². The Morgan fingerprint density at radius 1 is 1.32 bits per heavy atom. The fourth-order valence-electron chi connectivity index (χ4n) is 2.65. The van der Waals surface area contributed by atoms with E-state index in [0.29, 0.717) is 0 Å². The summed E-state index contributed by atoms with van der Waals surface area (Å²) in [6.07, 6.45) is 3.53. The Bertz CT molecular complexity index is 823. The van der Waals surface area contributed by atoms with Crippen molar-refractivity contribution < 1.29 is 9.90 Å². The quantitative estimate of drug-likeness (QED) is 0.802. The molecular weight excluding hydrogens is 278 g/mol. The van der Waals surface area contributed by atoms with E-state index in [1.165, 1.54) is 0 Å². The minimum atomic E-state index is -0.838. The summed E-state index contributed by atoms with van der Waals surface area (Å²) >= 11 is 0. The van der Waals surface area contributed by atoms with E-state index in [9.17, 15) is 4.79 Å². The van der Waals surface area contributed by atoms with Crippen LogP contribution in [0.1, 0.15) is 25.5 Å². The predicted molar refractivity (Wildman–Crippen MR) is 84.7 cm³/mol. The van der Waals surface area contributed by atoms with Crippen LogP contribution in [-0.2, 0) is 11.2 Å². The average molecular weight is 295 g/mol. The molecule has 2 heterocycles. The summed E-state index contributed by atoms with van der Waals surface area (Å²) in [5, 5.41) is 8.93. The van der Waals surface area contributed by atoms with Crippen LogP contribution in [0.2, 0.25) is 0 Å². The van der Waals surface area contributed by atoms with Gasteiger partial charge in [-0.1, -0.05) is 6.07 Å². The first-order valence-electron chi connectivity index (χ1n) is 7.19. The summed E-state index contributed by atoms with van der Waals surface area (Å²) in [5.74, 6) is 0.0145. The number of pyridine rings is 1. The number of imidazole rings is 1. The van der Waals surface area contributed by atoms with Crippen LogP contribution in [0, 0.1) is 0 Å². The number of fused-ring (bicyclic) bond motifs is 1. The van der Waals surface area contributed by atoms with Crippen LogP contribution in [-0.4, -0.2) is 25.6 Å². The molecule has 0 radical (unpaired) electrons. The van der Waals surface area contributed by atoms with Crippen molar-refractivity contribution >= 4 is 17.0 Å². The van der Waals surface area contributed by atoms with Gasteiger partial charge in [-0.15, -0.1) is 0 Å². The van der Waals surface area contributed by atoms with Crippen molar-refractivity contribution in [2.45, 2.75) is 26.3 Å². The van der Waals surface area contributed by atoms with Gasteiger partial charge in [-0.3, -0.25) is 9.78 Å². The normalized spacial score (nSPS) is 11.2. The number of carboxylic acid groups (broad SMARTS) is 1. The van der Waals surface area contributed by atoms with Crippen molar-refractivity contribution in [3.63, 3.8) is 0 Å². The number of aliphatic carboxylic acids is 1. The SMILES string of the molecule is CC(C)n1c(-c2cccnc2)nc2cc(CC(=O)O)ccc21. The van der Waals surface area contributed by atoms with E-state index in [1.807, 2.05) is 30.3 Å². The number of benzene rings is 1. The molecule has 0 aliphatic rings. The summed E-state index contributed by atoms with van der Waals surface area (Å²) in [7, 11) is 0. The smallest absolute Gasteiger partial charge is 0.307 e. The van der Waals surface area contributed by atoms with Gasteiger partial charge in [-0.25, -0.2) is 4.98 Å². The first-order valence-corrected chi connectivity index (χ1v) is 7.19. The van der Waals surface area contributed by atoms with Crippen LogP contribution >= 0.6 is 0 Å². The molecule has 5 heteroatoms. The third kappa shape index (κ3) is 2.57. The molecule has 0 aliphatic carbocycles. The molecule has 0 atom stereocenters. The van der Waals surface area contributed by atoms with Gasteiger partial charge in [0.15, 0.2) is 0 Å². The van der Waals surface area contributed by atoms with Crippen LogP contribution in [0.5, 0.6) is 0 Å². The van der Waals surface area contributed by atoms with Gasteiger partial charge in [0, 0.05) is 24.0 Å². The zero-order valence-electron chi connectivity index (χ0n) is 12.5. The summed E-state index contributed by atoms with van der Waals surface area (Å²) < 4.78 is 2.15. The highest BCUT2D eigenvalue weighted by Gasteiger charge is 2.15. The third-order valence-corrected chi connectivity index (χ3v) is 3.55. The Hall–Kier alpha value is -2.69. The van der Waals surface area contributed by atoms with Gasteiger partial charge in [0.05, 0.1) is 17.5 Å². The summed E-state index contributed by atoms with van der Waals surface area (Å²) in [6.45, 7) is 4.21. The number of nitrogens with zero attached hydrogens (tertiary/aromatic N) is 3. The lowest BCUT2D eigenvalue weighted by molar-refractivity contribution is -0.136. The van der Waals surface area contributed by atoms with E-state index in [2.05, 4.69) is 23.4 Å². The van der Waals surface area contributed by atoms with Crippen molar-refractivity contribution in [2.75, 3.05) is 0 Å². The lowest BCUT2D eigenvalue weighted by Crippen LogP contribution is -2.03. The standard InChI is InChI=1S/C17H17N3O2/c1-11(2)20-15-6-5-12(9-16(21)22)8-14(15)19-17(20)13-4-3-7-18-10-13/h3-8,10-11H,9H2,1-2H3,(H,21,22). The maximum atomic E-state index is 10.9. The van der Waals surface area contributed by atoms with Gasteiger partial charge in [0.25, 0.3) is 0 Å². The maximum Gasteiger partial charge on any atom is 0.307 e. The van der Waals surface area contributed by atoms with Gasteiger partial charge in [-0.05, 0) is 43.7 Å². The van der Waals surface area contributed by atoms with Crippen molar-refractivity contribution in [1.82, 2.24) is 14.5 Å². The van der Waals surface area contributed by atoms with E-state index >= 15 is 0 Å². The Labute approximate surface area is 128 Å². The van der Waals surface area contributed by atoms with Crippen molar-refractivity contribution in [3.8, 4) is 11.4 Å². The Balaban J connectivity index is 2.19. The molecule has 22 heavy (non-hydrogen) atoms. The van der Waals surface area contributed by atoms with Gasteiger partial charge in [-0.2, -0.15) is 0 Å². The Morgan fingerprint density at radius 2 is 2.14 bits per heavy atom. The fourth-order valence-corrected chi connectivity index (χ4v) is 2.65. The second-order valence-electron chi connectivity index (χ2n) is 5.53. The molecular formula is C17H17N3O2. The third-order valence-electron chi connectivity index (χ3n) is 3.55. The topological polar surface area (TPSA) is 68.0 Å². The second kappa shape index (κ2) is 5.60. The zero-order valence-corrected chi connectivity index (χ0v) is 12.5. The number of hydrogen-bond acceptors (Lipinski definition) is 3. The van der Waals surface area contributed by atoms with Crippen LogP contribution in [0.25, 0.3) is 22.4 Å². The monoisotopic (exact) mass is 295 g/mol. The van der Waals surface area contributed by atoms with E-state index in [0.717, 1.165) is 28.0 Å². The molecule has 0 spiro atoms. The predicted octanol–water partition coefficient (Wildman–Crippen LogP) is 3.31. The van der Waals surface area contributed by atoms with Gasteiger partial charge < -0.3 is 9.67 Å². The molecule has 3 rings (SSSR count). The highest BCUT2D eigenvalue weighted by atomic mass is 16.4. The van der Waals surface area contributed by atoms with Crippen LogP contribution < -0.4 is 0 Å². The molecule has 0 bridgehead atoms.